The number of halogens is 6. The minimum atomic E-state index is -6.21. The normalized spacial score (nSPS) is 13.6. The Bertz CT molecular complexity index is 1700. The molecule has 0 radical (unpaired) electrons. The lowest BCUT2D eigenvalue weighted by molar-refractivity contribution is -0.377. The Hall–Kier alpha value is -3.71. The minimum absolute atomic E-state index is 0.0420. The molecule has 0 aliphatic carbocycles. The van der Waals surface area contributed by atoms with Gasteiger partial charge in [0.25, 0.3) is 0 Å². The highest BCUT2D eigenvalue weighted by molar-refractivity contribution is 7.91. The molecule has 2 N–H and O–H groups in total. The summed E-state index contributed by atoms with van der Waals surface area (Å²) in [6, 6.07) is 13.7. The lowest BCUT2D eigenvalue weighted by Crippen LogP contribution is -2.54. The van der Waals surface area contributed by atoms with E-state index in [2.05, 4.69) is 9.97 Å². The van der Waals surface area contributed by atoms with Crippen molar-refractivity contribution in [2.45, 2.75) is 36.5 Å². The molecule has 2 aromatic heterocycles. The van der Waals surface area contributed by atoms with Crippen molar-refractivity contribution in [1.82, 2.24) is 9.97 Å². The molecule has 13 heteroatoms. The molecule has 0 fully saturated rings. The first-order valence-corrected chi connectivity index (χ1v) is 13.4. The molecule has 6 nitrogen and oxygen atoms in total. The fraction of sp³-hybridized carbons (Fsp3) is 0.259. The highest BCUT2D eigenvalue weighted by Gasteiger charge is 2.73. The molecule has 2 heterocycles. The van der Waals surface area contributed by atoms with Gasteiger partial charge in [-0.1, -0.05) is 24.3 Å². The van der Waals surface area contributed by atoms with Gasteiger partial charge in [-0.2, -0.15) is 26.3 Å². The number of nitrogens with zero attached hydrogens (tertiary/aromatic N) is 2. The number of alkyl halides is 6. The van der Waals surface area contributed by atoms with E-state index >= 15 is 0 Å². The van der Waals surface area contributed by atoms with E-state index in [9.17, 15) is 45.0 Å². The molecule has 0 aliphatic rings. The van der Waals surface area contributed by atoms with Crippen LogP contribution < -0.4 is 0 Å². The van der Waals surface area contributed by atoms with E-state index in [1.807, 2.05) is 0 Å². The number of pyridine rings is 2. The van der Waals surface area contributed by atoms with Crippen LogP contribution in [0.25, 0.3) is 33.2 Å². The van der Waals surface area contributed by atoms with Crippen LogP contribution in [-0.2, 0) is 20.2 Å². The zero-order chi connectivity index (χ0) is 29.9. The molecule has 0 saturated carbocycles. The van der Waals surface area contributed by atoms with Crippen molar-refractivity contribution in [2.75, 3.05) is 6.26 Å². The van der Waals surface area contributed by atoms with Crippen molar-refractivity contribution in [3.8, 4) is 28.0 Å². The van der Waals surface area contributed by atoms with Crippen LogP contribution in [0.15, 0.2) is 67.0 Å². The molecule has 0 bridgehead atoms. The van der Waals surface area contributed by atoms with E-state index in [0.29, 0.717) is 39.9 Å². The zero-order valence-corrected chi connectivity index (χ0v) is 21.9. The molecule has 40 heavy (non-hydrogen) atoms. The number of sulfone groups is 1. The van der Waals surface area contributed by atoms with Gasteiger partial charge >= 0.3 is 18.0 Å². The van der Waals surface area contributed by atoms with Crippen LogP contribution in [0.1, 0.15) is 25.1 Å². The second kappa shape index (κ2) is 9.44. The van der Waals surface area contributed by atoms with Gasteiger partial charge in [-0.05, 0) is 60.9 Å². The van der Waals surface area contributed by atoms with Gasteiger partial charge in [0.15, 0.2) is 9.84 Å². The number of hydrogen-bond donors (Lipinski definition) is 2. The van der Waals surface area contributed by atoms with Gasteiger partial charge < -0.3 is 10.2 Å². The third kappa shape index (κ3) is 4.77. The van der Waals surface area contributed by atoms with Gasteiger partial charge in [0.2, 0.25) is 0 Å². The molecule has 4 rings (SSSR count). The number of fused-ring (bicyclic) bond motifs is 1. The molecular formula is C27H22F6N2O4S. The summed E-state index contributed by atoms with van der Waals surface area (Å²) in [7, 11) is -3.55. The molecule has 0 atom stereocenters. The standard InChI is InChI=1S/C27H22F6N2O4S/c1-24(2,40(3,38)39)19-11-17-8-5-9-34-22(17)20(13-19)16-7-4-6-15(10-16)18-12-21(36)23(35-14-18)25(37,26(28,29)30)27(31,32)33/h4-14,36-37H,1-3H3. The third-order valence-electron chi connectivity index (χ3n) is 6.86. The lowest BCUT2D eigenvalue weighted by atomic mass is 9.92. The second-order valence-electron chi connectivity index (χ2n) is 9.76. The average molecular weight is 585 g/mol. The maximum atomic E-state index is 13.3. The summed E-state index contributed by atoms with van der Waals surface area (Å²) in [5.41, 5.74) is -5.17. The molecule has 0 saturated heterocycles. The Morgan fingerprint density at radius 3 is 2.00 bits per heavy atom. The SMILES string of the molecule is CC(C)(c1cc(-c2cccc(-c3cnc(C(O)(C(F)(F)F)C(F)(F)F)c(O)c3)c2)c2ncccc2c1)S(C)(=O)=O. The molecule has 0 spiro atoms. The molecule has 0 amide bonds. The smallest absolute Gasteiger partial charge is 0.432 e. The Morgan fingerprint density at radius 2 is 1.43 bits per heavy atom. The van der Waals surface area contributed by atoms with Crippen LogP contribution in [0.5, 0.6) is 5.75 Å². The van der Waals surface area contributed by atoms with Crippen molar-refractivity contribution in [1.29, 1.82) is 0 Å². The monoisotopic (exact) mass is 584 g/mol. The Balaban J connectivity index is 1.88. The second-order valence-corrected chi connectivity index (χ2v) is 12.3. The number of hydrogen-bond acceptors (Lipinski definition) is 6. The number of aromatic hydroxyl groups is 1. The topological polar surface area (TPSA) is 100 Å². The Morgan fingerprint density at radius 1 is 0.800 bits per heavy atom. The van der Waals surface area contributed by atoms with Crippen LogP contribution in [0.3, 0.4) is 0 Å². The number of benzene rings is 2. The van der Waals surface area contributed by atoms with Gasteiger partial charge in [0.1, 0.15) is 11.4 Å². The van der Waals surface area contributed by atoms with E-state index in [1.54, 1.807) is 56.4 Å². The molecular weight excluding hydrogens is 562 g/mol. The van der Waals surface area contributed by atoms with Gasteiger partial charge in [-0.3, -0.25) is 9.97 Å². The predicted octanol–water partition coefficient (Wildman–Crippen LogP) is 6.26. The largest absolute Gasteiger partial charge is 0.506 e. The highest BCUT2D eigenvalue weighted by Crippen LogP contribution is 2.51. The molecule has 2 aromatic carbocycles. The Kier molecular flexibility index (Phi) is 6.91. The van der Waals surface area contributed by atoms with E-state index in [0.717, 1.165) is 6.26 Å². The highest BCUT2D eigenvalue weighted by atomic mass is 32.2. The number of rotatable bonds is 5. The Labute approximate surface area is 224 Å². The fourth-order valence-electron chi connectivity index (χ4n) is 4.16. The first-order chi connectivity index (χ1) is 18.3. The summed E-state index contributed by atoms with van der Waals surface area (Å²) in [6.45, 7) is 3.11. The summed E-state index contributed by atoms with van der Waals surface area (Å²) in [5, 5.41) is 20.4. The molecule has 0 aliphatic heterocycles. The predicted molar refractivity (Wildman–Crippen MR) is 136 cm³/mol. The van der Waals surface area contributed by atoms with Crippen LogP contribution in [0.2, 0.25) is 0 Å². The lowest BCUT2D eigenvalue weighted by Gasteiger charge is -2.32. The summed E-state index contributed by atoms with van der Waals surface area (Å²) in [6.07, 6.45) is -9.09. The fourth-order valence-corrected chi connectivity index (χ4v) is 4.71. The zero-order valence-electron chi connectivity index (χ0n) is 21.1. The summed E-state index contributed by atoms with van der Waals surface area (Å²) >= 11 is 0. The average Bonchev–Trinajstić information content (AvgIpc) is 2.85. The van der Waals surface area contributed by atoms with Crippen LogP contribution in [0, 0.1) is 0 Å². The summed E-state index contributed by atoms with van der Waals surface area (Å²) < 4.78 is 103. The quantitative estimate of drug-likeness (QED) is 0.269. The maximum absolute atomic E-state index is 13.3. The van der Waals surface area contributed by atoms with Crippen molar-refractivity contribution < 1.29 is 45.0 Å². The van der Waals surface area contributed by atoms with Crippen molar-refractivity contribution in [2.24, 2.45) is 0 Å². The molecule has 212 valence electrons. The van der Waals surface area contributed by atoms with Crippen molar-refractivity contribution in [3.05, 3.63) is 78.2 Å². The van der Waals surface area contributed by atoms with Gasteiger partial charge in [-0.25, -0.2) is 8.42 Å². The van der Waals surface area contributed by atoms with E-state index in [-0.39, 0.29) is 11.1 Å². The third-order valence-corrected chi connectivity index (χ3v) is 8.95. The number of aromatic nitrogens is 2. The molecule has 4 aromatic rings. The van der Waals surface area contributed by atoms with Gasteiger partial charge in [-0.15, -0.1) is 0 Å². The first kappa shape index (κ1) is 29.3. The summed E-state index contributed by atoms with van der Waals surface area (Å²) in [4.78, 5) is 7.57. The minimum Gasteiger partial charge on any atom is -0.506 e. The van der Waals surface area contributed by atoms with E-state index in [1.165, 1.54) is 12.1 Å². The van der Waals surface area contributed by atoms with E-state index < -0.39 is 44.0 Å². The van der Waals surface area contributed by atoms with E-state index in [4.69, 9.17) is 0 Å². The van der Waals surface area contributed by atoms with Crippen LogP contribution in [0.4, 0.5) is 26.3 Å². The van der Waals surface area contributed by atoms with Crippen molar-refractivity contribution in [3.63, 3.8) is 0 Å². The summed E-state index contributed by atoms with van der Waals surface area (Å²) in [5.74, 6) is -1.51. The van der Waals surface area contributed by atoms with Crippen molar-refractivity contribution >= 4 is 20.7 Å². The first-order valence-electron chi connectivity index (χ1n) is 11.5. The van der Waals surface area contributed by atoms with Crippen LogP contribution >= 0.6 is 0 Å². The van der Waals surface area contributed by atoms with Crippen LogP contribution in [-0.4, -0.2) is 47.2 Å². The van der Waals surface area contributed by atoms with Gasteiger partial charge in [0, 0.05) is 35.2 Å². The molecule has 0 unspecified atom stereocenters. The maximum Gasteiger partial charge on any atom is 0.432 e. The van der Waals surface area contributed by atoms with Gasteiger partial charge in [0.05, 0.1) is 10.3 Å². The number of aliphatic hydroxyl groups is 1.